The van der Waals surface area contributed by atoms with E-state index in [1.807, 2.05) is 12.4 Å². The maximum atomic E-state index is 4.42. The number of benzene rings is 1. The van der Waals surface area contributed by atoms with Crippen molar-refractivity contribution < 1.29 is 0 Å². The molecule has 1 unspecified atom stereocenters. The molecule has 0 aliphatic rings. The Morgan fingerprint density at radius 2 is 2.24 bits per heavy atom. The lowest BCUT2D eigenvalue weighted by Crippen LogP contribution is -2.23. The molecule has 2 aromatic rings. The minimum Gasteiger partial charge on any atom is -0.338 e. The zero-order valence-corrected chi connectivity index (χ0v) is 16.2. The van der Waals surface area contributed by atoms with Gasteiger partial charge in [0.1, 0.15) is 5.82 Å². The van der Waals surface area contributed by atoms with E-state index >= 15 is 0 Å². The van der Waals surface area contributed by atoms with Gasteiger partial charge in [0, 0.05) is 39.9 Å². The first-order chi connectivity index (χ1) is 10.1. The average Bonchev–Trinajstić information content (AvgIpc) is 2.87. The summed E-state index contributed by atoms with van der Waals surface area (Å²) in [5.74, 6) is 1.14. The van der Waals surface area contributed by atoms with Crippen molar-refractivity contribution in [3.63, 3.8) is 0 Å². The molecule has 0 aliphatic heterocycles. The first-order valence-electron chi connectivity index (χ1n) is 7.26. The number of hydrogen-bond donors (Lipinski definition) is 1. The van der Waals surface area contributed by atoms with Gasteiger partial charge in [-0.25, -0.2) is 4.98 Å². The summed E-state index contributed by atoms with van der Waals surface area (Å²) in [6.07, 6.45) is 7.03. The van der Waals surface area contributed by atoms with Crippen molar-refractivity contribution in [3.05, 3.63) is 50.0 Å². The molecular weight excluding hydrogens is 441 g/mol. The molecule has 0 bridgehead atoms. The molecule has 0 radical (unpaired) electrons. The predicted octanol–water partition coefficient (Wildman–Crippen LogP) is 4.46. The number of nitrogens with zero attached hydrogens (tertiary/aromatic N) is 2. The SMILES string of the molecule is CCCNC(CCc1nccn1C)c1cc(I)ccc1Br. The van der Waals surface area contributed by atoms with Crippen LogP contribution in [-0.2, 0) is 13.5 Å². The Hall–Kier alpha value is -0.400. The number of aromatic nitrogens is 2. The molecule has 21 heavy (non-hydrogen) atoms. The third kappa shape index (κ3) is 4.79. The van der Waals surface area contributed by atoms with Crippen LogP contribution in [0.4, 0.5) is 0 Å². The Morgan fingerprint density at radius 1 is 1.43 bits per heavy atom. The summed E-state index contributed by atoms with van der Waals surface area (Å²) in [7, 11) is 2.05. The summed E-state index contributed by atoms with van der Waals surface area (Å²) in [5, 5.41) is 3.67. The van der Waals surface area contributed by atoms with Crippen LogP contribution in [-0.4, -0.2) is 16.1 Å². The summed E-state index contributed by atoms with van der Waals surface area (Å²) in [4.78, 5) is 4.42. The molecule has 5 heteroatoms. The molecule has 0 saturated carbocycles. The van der Waals surface area contributed by atoms with Crippen molar-refractivity contribution in [2.45, 2.75) is 32.2 Å². The molecule has 0 spiro atoms. The third-order valence-electron chi connectivity index (χ3n) is 3.55. The highest BCUT2D eigenvalue weighted by Gasteiger charge is 2.15. The normalized spacial score (nSPS) is 12.6. The van der Waals surface area contributed by atoms with Gasteiger partial charge in [-0.1, -0.05) is 22.9 Å². The van der Waals surface area contributed by atoms with E-state index < -0.39 is 0 Å². The van der Waals surface area contributed by atoms with Crippen molar-refractivity contribution in [1.29, 1.82) is 0 Å². The van der Waals surface area contributed by atoms with E-state index in [2.05, 4.69) is 85.6 Å². The average molecular weight is 462 g/mol. The Labute approximate surface area is 148 Å². The minimum atomic E-state index is 0.353. The van der Waals surface area contributed by atoms with Gasteiger partial charge in [-0.2, -0.15) is 0 Å². The van der Waals surface area contributed by atoms with Crippen LogP contribution in [0.5, 0.6) is 0 Å². The maximum Gasteiger partial charge on any atom is 0.108 e. The molecule has 1 atom stereocenters. The zero-order valence-electron chi connectivity index (χ0n) is 12.4. The number of hydrogen-bond acceptors (Lipinski definition) is 2. The molecule has 1 heterocycles. The second-order valence-electron chi connectivity index (χ2n) is 5.17. The summed E-state index contributed by atoms with van der Waals surface area (Å²) in [5.41, 5.74) is 1.34. The second-order valence-corrected chi connectivity index (χ2v) is 7.27. The smallest absolute Gasteiger partial charge is 0.108 e. The Morgan fingerprint density at radius 3 is 2.90 bits per heavy atom. The highest BCUT2D eigenvalue weighted by molar-refractivity contribution is 14.1. The van der Waals surface area contributed by atoms with Gasteiger partial charge in [0.05, 0.1) is 0 Å². The summed E-state index contributed by atoms with van der Waals surface area (Å²) in [6, 6.07) is 6.88. The number of halogens is 2. The van der Waals surface area contributed by atoms with Crippen LogP contribution in [0, 0.1) is 3.57 Å². The first-order valence-corrected chi connectivity index (χ1v) is 9.13. The molecule has 0 amide bonds. The lowest BCUT2D eigenvalue weighted by Gasteiger charge is -2.20. The fraction of sp³-hybridized carbons (Fsp3) is 0.438. The zero-order chi connectivity index (χ0) is 15.2. The van der Waals surface area contributed by atoms with Gasteiger partial charge >= 0.3 is 0 Å². The summed E-state index contributed by atoms with van der Waals surface area (Å²) in [6.45, 7) is 3.23. The van der Waals surface area contributed by atoms with Crippen LogP contribution in [0.3, 0.4) is 0 Å². The topological polar surface area (TPSA) is 29.9 Å². The highest BCUT2D eigenvalue weighted by atomic mass is 127. The van der Waals surface area contributed by atoms with Crippen LogP contribution in [0.1, 0.15) is 37.2 Å². The van der Waals surface area contributed by atoms with Gasteiger partial charge in [0.15, 0.2) is 0 Å². The molecule has 0 aliphatic carbocycles. The summed E-state index contributed by atoms with van der Waals surface area (Å²) >= 11 is 6.06. The van der Waals surface area contributed by atoms with E-state index in [1.165, 1.54) is 13.6 Å². The molecule has 114 valence electrons. The van der Waals surface area contributed by atoms with E-state index in [0.29, 0.717) is 6.04 Å². The van der Waals surface area contributed by atoms with Gasteiger partial charge in [0.25, 0.3) is 0 Å². The van der Waals surface area contributed by atoms with Crippen LogP contribution < -0.4 is 5.32 Å². The van der Waals surface area contributed by atoms with Crippen molar-refractivity contribution in [2.75, 3.05) is 6.54 Å². The van der Waals surface area contributed by atoms with Crippen molar-refractivity contribution in [3.8, 4) is 0 Å². The molecular formula is C16H21BrIN3. The van der Waals surface area contributed by atoms with Crippen LogP contribution in [0.25, 0.3) is 0 Å². The summed E-state index contributed by atoms with van der Waals surface area (Å²) < 4.78 is 4.54. The van der Waals surface area contributed by atoms with Gasteiger partial charge in [-0.15, -0.1) is 0 Å². The quantitative estimate of drug-likeness (QED) is 0.617. The largest absolute Gasteiger partial charge is 0.338 e. The van der Waals surface area contributed by atoms with Crippen LogP contribution in [0.2, 0.25) is 0 Å². The van der Waals surface area contributed by atoms with Gasteiger partial charge < -0.3 is 9.88 Å². The highest BCUT2D eigenvalue weighted by Crippen LogP contribution is 2.28. The van der Waals surface area contributed by atoms with Gasteiger partial charge in [0.2, 0.25) is 0 Å². The monoisotopic (exact) mass is 461 g/mol. The number of rotatable bonds is 7. The lowest BCUT2D eigenvalue weighted by atomic mass is 10.0. The Kier molecular flexibility index (Phi) is 6.70. The van der Waals surface area contributed by atoms with Gasteiger partial charge in [-0.3, -0.25) is 0 Å². The van der Waals surface area contributed by atoms with E-state index in [1.54, 1.807) is 0 Å². The fourth-order valence-electron chi connectivity index (χ4n) is 2.38. The van der Waals surface area contributed by atoms with Crippen LogP contribution >= 0.6 is 38.5 Å². The van der Waals surface area contributed by atoms with Crippen molar-refractivity contribution in [2.24, 2.45) is 7.05 Å². The number of nitrogens with one attached hydrogen (secondary N) is 1. The standard InChI is InChI=1S/C16H21BrIN3/c1-3-8-19-15(6-7-16-20-9-10-21(16)2)13-11-12(18)4-5-14(13)17/h4-5,9-11,15,19H,3,6-8H2,1-2H3. The molecule has 1 N–H and O–H groups in total. The van der Waals surface area contributed by atoms with E-state index in [4.69, 9.17) is 0 Å². The maximum absolute atomic E-state index is 4.42. The number of aryl methyl sites for hydroxylation is 2. The molecule has 1 aromatic carbocycles. The first kappa shape index (κ1) is 17.0. The fourth-order valence-corrected chi connectivity index (χ4v) is 3.42. The molecule has 0 fully saturated rings. The molecule has 0 saturated heterocycles. The number of imidazole rings is 1. The lowest BCUT2D eigenvalue weighted by molar-refractivity contribution is 0.489. The minimum absolute atomic E-state index is 0.353. The molecule has 3 nitrogen and oxygen atoms in total. The molecule has 1 aromatic heterocycles. The van der Waals surface area contributed by atoms with E-state index in [9.17, 15) is 0 Å². The molecule has 2 rings (SSSR count). The Balaban J connectivity index is 2.13. The van der Waals surface area contributed by atoms with Gasteiger partial charge in [-0.05, 0) is 65.7 Å². The van der Waals surface area contributed by atoms with Crippen molar-refractivity contribution >= 4 is 38.5 Å². The van der Waals surface area contributed by atoms with E-state index in [0.717, 1.165) is 31.6 Å². The van der Waals surface area contributed by atoms with Crippen molar-refractivity contribution in [1.82, 2.24) is 14.9 Å². The Bertz CT molecular complexity index is 583. The van der Waals surface area contributed by atoms with E-state index in [-0.39, 0.29) is 0 Å². The third-order valence-corrected chi connectivity index (χ3v) is 4.94. The predicted molar refractivity (Wildman–Crippen MR) is 99.4 cm³/mol. The van der Waals surface area contributed by atoms with Crippen LogP contribution in [0.15, 0.2) is 35.1 Å². The second kappa shape index (κ2) is 8.29.